The van der Waals surface area contributed by atoms with E-state index < -0.39 is 6.10 Å². The Morgan fingerprint density at radius 1 is 1.26 bits per heavy atom. The van der Waals surface area contributed by atoms with Crippen LogP contribution in [0.3, 0.4) is 0 Å². The third-order valence-electron chi connectivity index (χ3n) is 3.87. The maximum atomic E-state index is 9.56. The summed E-state index contributed by atoms with van der Waals surface area (Å²) in [6, 6.07) is 4.70. The highest BCUT2D eigenvalue weighted by Crippen LogP contribution is 2.28. The highest BCUT2D eigenvalue weighted by atomic mass is 16.3. The molecule has 0 aromatic carbocycles. The largest absolute Gasteiger partial charge is 0.389 e. The van der Waals surface area contributed by atoms with E-state index in [9.17, 15) is 5.11 Å². The molecule has 2 rings (SSSR count). The highest BCUT2D eigenvalue weighted by Gasteiger charge is 2.24. The van der Waals surface area contributed by atoms with E-state index in [1.54, 1.807) is 6.92 Å². The normalized spacial score (nSPS) is 17.9. The van der Waals surface area contributed by atoms with Crippen LogP contribution in [0.2, 0.25) is 0 Å². The number of anilines is 1. The Balaban J connectivity index is 2.16. The minimum atomic E-state index is -0.438. The lowest BCUT2D eigenvalue weighted by Crippen LogP contribution is -2.36. The van der Waals surface area contributed by atoms with Gasteiger partial charge in [0, 0.05) is 18.8 Å². The third kappa shape index (κ3) is 3.69. The molecule has 0 bridgehead atoms. The molecule has 0 amide bonds. The molecule has 1 aromatic rings. The molecule has 1 aromatic heterocycles. The molecule has 0 saturated heterocycles. The van der Waals surface area contributed by atoms with Crippen LogP contribution in [0.15, 0.2) is 18.3 Å². The van der Waals surface area contributed by atoms with Crippen molar-refractivity contribution in [3.63, 3.8) is 0 Å². The van der Waals surface area contributed by atoms with E-state index in [1.165, 1.54) is 25.7 Å². The first kappa shape index (κ1) is 14.3. The Morgan fingerprint density at radius 2 is 1.95 bits per heavy atom. The van der Waals surface area contributed by atoms with Gasteiger partial charge >= 0.3 is 0 Å². The van der Waals surface area contributed by atoms with E-state index in [0.717, 1.165) is 17.9 Å². The lowest BCUT2D eigenvalue weighted by atomic mass is 10.1. The van der Waals surface area contributed by atoms with Crippen LogP contribution < -0.4 is 4.90 Å². The third-order valence-corrected chi connectivity index (χ3v) is 3.87. The summed E-state index contributed by atoms with van der Waals surface area (Å²) in [5.74, 6) is 1.70. The van der Waals surface area contributed by atoms with Crippen molar-refractivity contribution < 1.29 is 5.11 Å². The average Bonchev–Trinajstić information content (AvgIpc) is 2.89. The Kier molecular flexibility index (Phi) is 4.81. The number of hydrogen-bond acceptors (Lipinski definition) is 3. The zero-order valence-corrected chi connectivity index (χ0v) is 12.3. The molecule has 1 aliphatic rings. The Labute approximate surface area is 116 Å². The summed E-state index contributed by atoms with van der Waals surface area (Å²) < 4.78 is 0. The molecule has 3 heteroatoms. The molecule has 0 unspecified atom stereocenters. The average molecular weight is 262 g/mol. The minimum absolute atomic E-state index is 0.438. The van der Waals surface area contributed by atoms with E-state index in [4.69, 9.17) is 0 Å². The minimum Gasteiger partial charge on any atom is -0.389 e. The van der Waals surface area contributed by atoms with Gasteiger partial charge < -0.3 is 10.0 Å². The molecule has 1 N–H and O–H groups in total. The smallest absolute Gasteiger partial charge is 0.128 e. The molecule has 19 heavy (non-hydrogen) atoms. The van der Waals surface area contributed by atoms with Crippen LogP contribution in [0.5, 0.6) is 0 Å². The van der Waals surface area contributed by atoms with Crippen molar-refractivity contribution in [3.8, 4) is 0 Å². The molecule has 0 spiro atoms. The van der Waals surface area contributed by atoms with E-state index in [1.807, 2.05) is 12.3 Å². The number of rotatable bonds is 5. The van der Waals surface area contributed by atoms with Gasteiger partial charge in [-0.2, -0.15) is 0 Å². The van der Waals surface area contributed by atoms with Crippen molar-refractivity contribution >= 4 is 5.82 Å². The Morgan fingerprint density at radius 3 is 2.42 bits per heavy atom. The standard InChI is InChI=1S/C16H26N2O/c1-12(2)11-18(15-6-4-5-7-15)16-9-8-14(10-17-16)13(3)19/h8-10,12-13,15,19H,4-7,11H2,1-3H3/t13-/m1/s1. The fourth-order valence-corrected chi connectivity index (χ4v) is 2.85. The van der Waals surface area contributed by atoms with Crippen LogP contribution in [-0.2, 0) is 0 Å². The van der Waals surface area contributed by atoms with Gasteiger partial charge in [0.15, 0.2) is 0 Å². The second kappa shape index (κ2) is 6.38. The first-order valence-corrected chi connectivity index (χ1v) is 7.48. The van der Waals surface area contributed by atoms with E-state index in [0.29, 0.717) is 12.0 Å². The number of aliphatic hydroxyl groups is 1. The topological polar surface area (TPSA) is 36.4 Å². The zero-order chi connectivity index (χ0) is 13.8. The molecular weight excluding hydrogens is 236 g/mol. The molecule has 1 heterocycles. The number of nitrogens with zero attached hydrogens (tertiary/aromatic N) is 2. The van der Waals surface area contributed by atoms with Gasteiger partial charge in [0.25, 0.3) is 0 Å². The lowest BCUT2D eigenvalue weighted by Gasteiger charge is -2.31. The van der Waals surface area contributed by atoms with Gasteiger partial charge in [-0.05, 0) is 37.3 Å². The van der Waals surface area contributed by atoms with E-state index in [2.05, 4.69) is 29.8 Å². The first-order valence-electron chi connectivity index (χ1n) is 7.48. The fraction of sp³-hybridized carbons (Fsp3) is 0.688. The van der Waals surface area contributed by atoms with Gasteiger partial charge in [0.05, 0.1) is 6.10 Å². The van der Waals surface area contributed by atoms with Crippen molar-refractivity contribution in [1.29, 1.82) is 0 Å². The van der Waals surface area contributed by atoms with Crippen molar-refractivity contribution in [1.82, 2.24) is 4.98 Å². The highest BCUT2D eigenvalue weighted by molar-refractivity contribution is 5.41. The second-order valence-electron chi connectivity index (χ2n) is 6.11. The van der Waals surface area contributed by atoms with Crippen LogP contribution in [0, 0.1) is 5.92 Å². The zero-order valence-electron chi connectivity index (χ0n) is 12.3. The summed E-state index contributed by atoms with van der Waals surface area (Å²) in [6.45, 7) is 7.35. The fourth-order valence-electron chi connectivity index (χ4n) is 2.85. The van der Waals surface area contributed by atoms with E-state index in [-0.39, 0.29) is 0 Å². The second-order valence-corrected chi connectivity index (χ2v) is 6.11. The Hall–Kier alpha value is -1.09. The van der Waals surface area contributed by atoms with Crippen LogP contribution in [0.25, 0.3) is 0 Å². The van der Waals surface area contributed by atoms with Gasteiger partial charge in [-0.15, -0.1) is 0 Å². The molecule has 1 saturated carbocycles. The molecule has 1 aliphatic carbocycles. The summed E-state index contributed by atoms with van der Waals surface area (Å²) >= 11 is 0. The predicted octanol–water partition coefficient (Wildman–Crippen LogP) is 3.54. The quantitative estimate of drug-likeness (QED) is 0.881. The van der Waals surface area contributed by atoms with Gasteiger partial charge in [-0.25, -0.2) is 4.98 Å². The molecule has 3 nitrogen and oxygen atoms in total. The molecule has 106 valence electrons. The summed E-state index contributed by atoms with van der Waals surface area (Å²) in [4.78, 5) is 7.03. The molecule has 1 fully saturated rings. The summed E-state index contributed by atoms with van der Waals surface area (Å²) in [7, 11) is 0. The van der Waals surface area contributed by atoms with Gasteiger partial charge in [0.2, 0.25) is 0 Å². The molecule has 1 atom stereocenters. The number of hydrogen-bond donors (Lipinski definition) is 1. The van der Waals surface area contributed by atoms with Crippen LogP contribution in [0.1, 0.15) is 58.1 Å². The lowest BCUT2D eigenvalue weighted by molar-refractivity contribution is 0.199. The monoisotopic (exact) mass is 262 g/mol. The van der Waals surface area contributed by atoms with Crippen molar-refractivity contribution in [2.24, 2.45) is 5.92 Å². The molecule has 0 aliphatic heterocycles. The summed E-state index contributed by atoms with van der Waals surface area (Å²) in [6.07, 6.45) is 6.61. The summed E-state index contributed by atoms with van der Waals surface area (Å²) in [5, 5.41) is 9.56. The van der Waals surface area contributed by atoms with E-state index >= 15 is 0 Å². The molecule has 0 radical (unpaired) electrons. The van der Waals surface area contributed by atoms with Gasteiger partial charge in [0.1, 0.15) is 5.82 Å². The maximum absolute atomic E-state index is 9.56. The van der Waals surface area contributed by atoms with Crippen molar-refractivity contribution in [3.05, 3.63) is 23.9 Å². The van der Waals surface area contributed by atoms with Crippen LogP contribution in [0.4, 0.5) is 5.82 Å². The number of pyridine rings is 1. The van der Waals surface area contributed by atoms with Gasteiger partial charge in [-0.1, -0.05) is 32.8 Å². The van der Waals surface area contributed by atoms with Crippen LogP contribution in [-0.4, -0.2) is 22.7 Å². The maximum Gasteiger partial charge on any atom is 0.128 e. The first-order chi connectivity index (χ1) is 9.08. The summed E-state index contributed by atoms with van der Waals surface area (Å²) in [5.41, 5.74) is 0.889. The van der Waals surface area contributed by atoms with Crippen molar-refractivity contribution in [2.75, 3.05) is 11.4 Å². The predicted molar refractivity (Wildman–Crippen MR) is 79.3 cm³/mol. The van der Waals surface area contributed by atoms with Gasteiger partial charge in [-0.3, -0.25) is 0 Å². The van der Waals surface area contributed by atoms with Crippen molar-refractivity contribution in [2.45, 2.75) is 58.6 Å². The molecular formula is C16H26N2O. The number of aliphatic hydroxyl groups excluding tert-OH is 1. The number of aromatic nitrogens is 1. The Bertz CT molecular complexity index is 380. The SMILES string of the molecule is CC(C)CN(c1ccc([C@@H](C)O)cn1)C1CCCC1. The van der Waals surface area contributed by atoms with Crippen LogP contribution >= 0.6 is 0 Å².